The summed E-state index contributed by atoms with van der Waals surface area (Å²) in [6.45, 7) is 0.698. The highest BCUT2D eigenvalue weighted by Crippen LogP contribution is 2.30. The van der Waals surface area contributed by atoms with Crippen LogP contribution in [0.5, 0.6) is 5.75 Å². The summed E-state index contributed by atoms with van der Waals surface area (Å²) in [6.07, 6.45) is 0.303. The van der Waals surface area contributed by atoms with Crippen molar-refractivity contribution in [3.05, 3.63) is 41.0 Å². The van der Waals surface area contributed by atoms with E-state index in [1.165, 1.54) is 18.3 Å². The van der Waals surface area contributed by atoms with Crippen LogP contribution in [0.25, 0.3) is 0 Å². The number of nitrogens with two attached hydrogens (primary N) is 2. The summed E-state index contributed by atoms with van der Waals surface area (Å²) in [5, 5.41) is 0.221. The molecule has 0 unspecified atom stereocenters. The summed E-state index contributed by atoms with van der Waals surface area (Å²) in [7, 11) is 0. The van der Waals surface area contributed by atoms with Crippen LogP contribution in [0.1, 0.15) is 31.2 Å². The zero-order valence-corrected chi connectivity index (χ0v) is 16.5. The minimum absolute atomic E-state index is 0.118. The van der Waals surface area contributed by atoms with E-state index in [0.29, 0.717) is 24.0 Å². The largest absolute Gasteiger partial charge is 0.573 e. The number of benzene rings is 1. The third-order valence-corrected chi connectivity index (χ3v) is 5.26. The average molecular weight is 430 g/mol. The summed E-state index contributed by atoms with van der Waals surface area (Å²) >= 11 is 5.92. The Hall–Kier alpha value is -2.26. The standard InChI is InChI=1S/C19H23ClF3N5O/c20-15-9-26-18(27-17(15)25)28(10-12-5-7-14(24)8-6-12)11-13-3-1-2-4-16(13)29-19(21,22)23/h1-4,9,12,14H,5-8,10-11,24H2,(H2,25,26,27). The van der Waals surface area contributed by atoms with Crippen LogP contribution < -0.4 is 21.1 Å². The fraction of sp³-hybridized carbons (Fsp3) is 0.474. The zero-order chi connectivity index (χ0) is 21.0. The fourth-order valence-corrected chi connectivity index (χ4v) is 3.58. The van der Waals surface area contributed by atoms with Gasteiger partial charge in [-0.05, 0) is 37.7 Å². The van der Waals surface area contributed by atoms with E-state index in [9.17, 15) is 13.2 Å². The van der Waals surface area contributed by atoms with Crippen LogP contribution in [0.15, 0.2) is 30.5 Å². The first-order valence-electron chi connectivity index (χ1n) is 9.33. The molecule has 0 aliphatic heterocycles. The molecule has 0 bridgehead atoms. The quantitative estimate of drug-likeness (QED) is 0.717. The fourth-order valence-electron chi connectivity index (χ4n) is 3.49. The molecular weight excluding hydrogens is 407 g/mol. The number of para-hydroxylation sites is 1. The first-order chi connectivity index (χ1) is 13.7. The molecule has 0 amide bonds. The van der Waals surface area contributed by atoms with Gasteiger partial charge in [0.15, 0.2) is 0 Å². The molecule has 1 aliphatic rings. The van der Waals surface area contributed by atoms with Gasteiger partial charge in [-0.15, -0.1) is 13.2 Å². The predicted octanol–water partition coefficient (Wildman–Crippen LogP) is 4.13. The van der Waals surface area contributed by atoms with Crippen molar-refractivity contribution < 1.29 is 17.9 Å². The molecule has 1 aromatic carbocycles. The number of hydrogen-bond donors (Lipinski definition) is 2. The van der Waals surface area contributed by atoms with E-state index >= 15 is 0 Å². The van der Waals surface area contributed by atoms with Crippen LogP contribution in [0.3, 0.4) is 0 Å². The second kappa shape index (κ2) is 9.04. The van der Waals surface area contributed by atoms with Crippen molar-refractivity contribution >= 4 is 23.4 Å². The molecule has 6 nitrogen and oxygen atoms in total. The van der Waals surface area contributed by atoms with Crippen LogP contribution >= 0.6 is 11.6 Å². The minimum atomic E-state index is -4.78. The molecule has 1 heterocycles. The maximum atomic E-state index is 12.8. The SMILES string of the molecule is Nc1nc(N(Cc2ccccc2OC(F)(F)F)CC2CCC(N)CC2)ncc1Cl. The Morgan fingerprint density at radius 2 is 1.86 bits per heavy atom. The Morgan fingerprint density at radius 1 is 1.17 bits per heavy atom. The Morgan fingerprint density at radius 3 is 2.52 bits per heavy atom. The number of alkyl halides is 3. The molecule has 3 rings (SSSR count). The molecule has 0 radical (unpaired) electrons. The predicted molar refractivity (Wildman–Crippen MR) is 106 cm³/mol. The van der Waals surface area contributed by atoms with Gasteiger partial charge in [0, 0.05) is 24.7 Å². The number of anilines is 2. The lowest BCUT2D eigenvalue weighted by Crippen LogP contribution is -2.35. The molecule has 10 heteroatoms. The highest BCUT2D eigenvalue weighted by molar-refractivity contribution is 6.32. The molecule has 0 saturated heterocycles. The molecule has 29 heavy (non-hydrogen) atoms. The van der Waals surface area contributed by atoms with E-state index in [2.05, 4.69) is 14.7 Å². The Kier molecular flexibility index (Phi) is 6.69. The zero-order valence-electron chi connectivity index (χ0n) is 15.7. The van der Waals surface area contributed by atoms with Crippen molar-refractivity contribution in [2.45, 2.75) is 44.6 Å². The van der Waals surface area contributed by atoms with Gasteiger partial charge in [0.05, 0.1) is 6.20 Å². The molecule has 2 aromatic rings. The second-order valence-electron chi connectivity index (χ2n) is 7.22. The molecule has 1 aromatic heterocycles. The van der Waals surface area contributed by atoms with Crippen molar-refractivity contribution in [2.24, 2.45) is 11.7 Å². The summed E-state index contributed by atoms with van der Waals surface area (Å²) in [5.41, 5.74) is 12.2. The lowest BCUT2D eigenvalue weighted by atomic mass is 9.86. The van der Waals surface area contributed by atoms with Crippen LogP contribution in [0, 0.1) is 5.92 Å². The Bertz CT molecular complexity index is 828. The smallest absolute Gasteiger partial charge is 0.405 e. The van der Waals surface area contributed by atoms with Crippen molar-refractivity contribution in [3.8, 4) is 5.75 Å². The van der Waals surface area contributed by atoms with Gasteiger partial charge in [0.2, 0.25) is 5.95 Å². The first kappa shape index (κ1) is 21.4. The van der Waals surface area contributed by atoms with Gasteiger partial charge in [-0.1, -0.05) is 29.8 Å². The maximum absolute atomic E-state index is 12.8. The lowest BCUT2D eigenvalue weighted by Gasteiger charge is -2.32. The molecule has 0 spiro atoms. The van der Waals surface area contributed by atoms with Gasteiger partial charge in [0.1, 0.15) is 16.6 Å². The summed E-state index contributed by atoms with van der Waals surface area (Å²) in [5.74, 6) is 0.499. The van der Waals surface area contributed by atoms with Crippen molar-refractivity contribution in [1.82, 2.24) is 9.97 Å². The molecule has 0 atom stereocenters. The van der Waals surface area contributed by atoms with E-state index in [4.69, 9.17) is 23.1 Å². The van der Waals surface area contributed by atoms with Crippen molar-refractivity contribution in [1.29, 1.82) is 0 Å². The van der Waals surface area contributed by atoms with E-state index in [1.54, 1.807) is 12.1 Å². The Balaban J connectivity index is 1.86. The van der Waals surface area contributed by atoms with E-state index < -0.39 is 6.36 Å². The second-order valence-corrected chi connectivity index (χ2v) is 7.63. The van der Waals surface area contributed by atoms with Crippen LogP contribution in [0.2, 0.25) is 5.02 Å². The number of halogens is 4. The maximum Gasteiger partial charge on any atom is 0.573 e. The topological polar surface area (TPSA) is 90.3 Å². The van der Waals surface area contributed by atoms with Crippen molar-refractivity contribution in [2.75, 3.05) is 17.2 Å². The first-order valence-corrected chi connectivity index (χ1v) is 9.71. The van der Waals surface area contributed by atoms with Gasteiger partial charge in [0.25, 0.3) is 0 Å². The van der Waals surface area contributed by atoms with E-state index in [1.807, 2.05) is 4.90 Å². The molecule has 4 N–H and O–H groups in total. The number of hydrogen-bond acceptors (Lipinski definition) is 6. The molecular formula is C19H23ClF3N5O. The summed E-state index contributed by atoms with van der Waals surface area (Å²) in [6, 6.07) is 6.23. The molecule has 1 saturated carbocycles. The van der Waals surface area contributed by atoms with Gasteiger partial charge in [-0.25, -0.2) is 4.98 Å². The number of nitrogen functional groups attached to an aromatic ring is 1. The Labute approximate surface area is 172 Å². The highest BCUT2D eigenvalue weighted by Gasteiger charge is 2.32. The third kappa shape index (κ3) is 6.11. The normalized spacial score (nSPS) is 19.8. The van der Waals surface area contributed by atoms with Crippen LogP contribution in [-0.4, -0.2) is 28.9 Å². The van der Waals surface area contributed by atoms with Gasteiger partial charge in [-0.3, -0.25) is 0 Å². The van der Waals surface area contributed by atoms with Gasteiger partial charge >= 0.3 is 6.36 Å². The van der Waals surface area contributed by atoms with Gasteiger partial charge in [-0.2, -0.15) is 4.98 Å². The number of aromatic nitrogens is 2. The monoisotopic (exact) mass is 429 g/mol. The van der Waals surface area contributed by atoms with Crippen molar-refractivity contribution in [3.63, 3.8) is 0 Å². The lowest BCUT2D eigenvalue weighted by molar-refractivity contribution is -0.274. The molecule has 1 fully saturated rings. The van der Waals surface area contributed by atoms with E-state index in [-0.39, 0.29) is 29.2 Å². The number of nitrogens with zero attached hydrogens (tertiary/aromatic N) is 3. The highest BCUT2D eigenvalue weighted by atomic mass is 35.5. The van der Waals surface area contributed by atoms with Crippen LogP contribution in [-0.2, 0) is 6.54 Å². The average Bonchev–Trinajstić information content (AvgIpc) is 2.65. The minimum Gasteiger partial charge on any atom is -0.405 e. The van der Waals surface area contributed by atoms with Gasteiger partial charge < -0.3 is 21.1 Å². The number of ether oxygens (including phenoxy) is 1. The number of rotatable bonds is 6. The summed E-state index contributed by atoms with van der Waals surface area (Å²) < 4.78 is 42.5. The van der Waals surface area contributed by atoms with E-state index in [0.717, 1.165) is 25.7 Å². The molecule has 158 valence electrons. The summed E-state index contributed by atoms with van der Waals surface area (Å²) in [4.78, 5) is 10.3. The van der Waals surface area contributed by atoms with Crippen LogP contribution in [0.4, 0.5) is 24.9 Å². The third-order valence-electron chi connectivity index (χ3n) is 4.97. The molecule has 1 aliphatic carbocycles.